The summed E-state index contributed by atoms with van der Waals surface area (Å²) in [5, 5.41) is 0.587. The van der Waals surface area contributed by atoms with Crippen LogP contribution in [0, 0.1) is 0 Å². The van der Waals surface area contributed by atoms with Crippen LogP contribution in [0.4, 0.5) is 0 Å². The summed E-state index contributed by atoms with van der Waals surface area (Å²) >= 11 is 5.77. The van der Waals surface area contributed by atoms with Crippen LogP contribution < -0.4 is 4.74 Å². The highest BCUT2D eigenvalue weighted by atomic mass is 35.5. The first-order valence-electron chi connectivity index (χ1n) is 9.73. The molecule has 1 aromatic carbocycles. The molecule has 0 fully saturated rings. The van der Waals surface area contributed by atoms with Crippen molar-refractivity contribution in [3.8, 4) is 5.75 Å². The first-order valence-corrected chi connectivity index (χ1v) is 10.1. The highest BCUT2D eigenvalue weighted by molar-refractivity contribution is 6.30. The van der Waals surface area contributed by atoms with Crippen LogP contribution in [0.15, 0.2) is 24.3 Å². The lowest BCUT2D eigenvalue weighted by atomic mass is 10.1. The maximum absolute atomic E-state index is 11.7. The van der Waals surface area contributed by atoms with Gasteiger partial charge in [0.15, 0.2) is 0 Å². The summed E-state index contributed by atoms with van der Waals surface area (Å²) in [5.41, 5.74) is 0. The van der Waals surface area contributed by atoms with Crippen molar-refractivity contribution in [3.05, 3.63) is 29.3 Å². The molecule has 0 heterocycles. The minimum absolute atomic E-state index is 0.190. The van der Waals surface area contributed by atoms with Gasteiger partial charge in [0.1, 0.15) is 5.75 Å². The van der Waals surface area contributed by atoms with Crippen LogP contribution in [0.1, 0.15) is 77.6 Å². The molecule has 0 bridgehead atoms. The lowest BCUT2D eigenvalue weighted by molar-refractivity contribution is -0.144. The van der Waals surface area contributed by atoms with Crippen molar-refractivity contribution in [2.75, 3.05) is 6.61 Å². The van der Waals surface area contributed by atoms with Crippen molar-refractivity contribution in [1.82, 2.24) is 0 Å². The Labute approximate surface area is 162 Å². The van der Waals surface area contributed by atoms with Gasteiger partial charge in [-0.2, -0.15) is 0 Å². The number of rotatable bonds is 14. The third-order valence-electron chi connectivity index (χ3n) is 4.07. The van der Waals surface area contributed by atoms with E-state index in [1.54, 1.807) is 24.3 Å². The number of hydrogen-bond acceptors (Lipinski definition) is 4. The minimum atomic E-state index is -0.358. The third-order valence-corrected chi connectivity index (χ3v) is 4.32. The predicted octanol–water partition coefficient (Wildman–Crippen LogP) is 6.10. The van der Waals surface area contributed by atoms with Gasteiger partial charge < -0.3 is 9.47 Å². The Morgan fingerprint density at radius 2 is 1.38 bits per heavy atom. The third kappa shape index (κ3) is 11.9. The summed E-state index contributed by atoms with van der Waals surface area (Å²) in [6, 6.07) is 6.59. The predicted molar refractivity (Wildman–Crippen MR) is 105 cm³/mol. The van der Waals surface area contributed by atoms with Gasteiger partial charge >= 0.3 is 11.9 Å². The van der Waals surface area contributed by atoms with E-state index >= 15 is 0 Å². The first kappa shape index (κ1) is 22.5. The second kappa shape index (κ2) is 14.6. The van der Waals surface area contributed by atoms with Crippen LogP contribution in [0.3, 0.4) is 0 Å². The molecule has 26 heavy (non-hydrogen) atoms. The van der Waals surface area contributed by atoms with Crippen LogP contribution in [0.5, 0.6) is 5.75 Å². The Balaban J connectivity index is 1.96. The molecule has 0 saturated heterocycles. The van der Waals surface area contributed by atoms with Crippen molar-refractivity contribution >= 4 is 23.5 Å². The second-order valence-corrected chi connectivity index (χ2v) is 6.91. The molecule has 146 valence electrons. The van der Waals surface area contributed by atoms with E-state index in [1.165, 1.54) is 38.5 Å². The summed E-state index contributed by atoms with van der Waals surface area (Å²) in [4.78, 5) is 23.3. The Kier molecular flexibility index (Phi) is 12.6. The molecule has 0 spiro atoms. The zero-order chi connectivity index (χ0) is 19.0. The highest BCUT2D eigenvalue weighted by Gasteiger charge is 2.08. The fraction of sp³-hybridized carbons (Fsp3) is 0.619. The molecule has 0 atom stereocenters. The molecule has 1 rings (SSSR count). The average molecular weight is 383 g/mol. The van der Waals surface area contributed by atoms with Gasteiger partial charge in [0, 0.05) is 17.9 Å². The quantitative estimate of drug-likeness (QED) is 0.221. The summed E-state index contributed by atoms with van der Waals surface area (Å²) in [5.74, 6) is -0.146. The first-order chi connectivity index (χ1) is 12.6. The Morgan fingerprint density at radius 1 is 0.808 bits per heavy atom. The fourth-order valence-corrected chi connectivity index (χ4v) is 2.68. The number of carbonyl (C=O) groups is 2. The van der Waals surface area contributed by atoms with E-state index in [9.17, 15) is 9.59 Å². The molecule has 0 aromatic heterocycles. The molecule has 4 nitrogen and oxygen atoms in total. The van der Waals surface area contributed by atoms with Crippen molar-refractivity contribution < 1.29 is 19.1 Å². The fourth-order valence-electron chi connectivity index (χ4n) is 2.56. The van der Waals surface area contributed by atoms with E-state index in [2.05, 4.69) is 6.92 Å². The number of unbranched alkanes of at least 4 members (excludes halogenated alkanes) is 7. The molecular formula is C21H31ClO4. The molecule has 0 aliphatic heterocycles. The van der Waals surface area contributed by atoms with E-state index in [0.717, 1.165) is 12.8 Å². The Morgan fingerprint density at radius 3 is 2.04 bits per heavy atom. The molecule has 0 saturated carbocycles. The topological polar surface area (TPSA) is 52.6 Å². The van der Waals surface area contributed by atoms with Gasteiger partial charge in [0.05, 0.1) is 6.61 Å². The summed E-state index contributed by atoms with van der Waals surface area (Å²) < 4.78 is 10.4. The number of benzene rings is 1. The van der Waals surface area contributed by atoms with Crippen LogP contribution in [-0.2, 0) is 14.3 Å². The van der Waals surface area contributed by atoms with Crippen molar-refractivity contribution in [2.45, 2.75) is 77.6 Å². The molecular weight excluding hydrogens is 352 g/mol. The van der Waals surface area contributed by atoms with Gasteiger partial charge in [-0.15, -0.1) is 0 Å². The van der Waals surface area contributed by atoms with E-state index in [1.807, 2.05) is 0 Å². The van der Waals surface area contributed by atoms with Crippen LogP contribution in [-0.4, -0.2) is 18.5 Å². The minimum Gasteiger partial charge on any atom is -0.466 e. The number of ether oxygens (including phenoxy) is 2. The molecule has 0 aliphatic carbocycles. The lowest BCUT2D eigenvalue weighted by Gasteiger charge is -2.06. The number of hydrogen-bond donors (Lipinski definition) is 0. The van der Waals surface area contributed by atoms with Gasteiger partial charge in [-0.05, 0) is 37.1 Å². The normalized spacial score (nSPS) is 10.5. The number of esters is 2. The van der Waals surface area contributed by atoms with Crippen molar-refractivity contribution in [2.24, 2.45) is 0 Å². The van der Waals surface area contributed by atoms with Crippen molar-refractivity contribution in [3.63, 3.8) is 0 Å². The molecule has 0 radical (unpaired) electrons. The molecule has 5 heteroatoms. The van der Waals surface area contributed by atoms with Crippen LogP contribution in [0.2, 0.25) is 5.02 Å². The highest BCUT2D eigenvalue weighted by Crippen LogP contribution is 2.16. The van der Waals surface area contributed by atoms with E-state index < -0.39 is 0 Å². The van der Waals surface area contributed by atoms with Gasteiger partial charge in [-0.1, -0.05) is 63.5 Å². The standard InChI is InChI=1S/C21H31ClO4/c1-2-3-4-5-6-7-8-9-17-25-20(23)11-10-12-21(24)26-19-15-13-18(22)14-16-19/h13-16H,2-12,17H2,1H3. The van der Waals surface area contributed by atoms with Gasteiger partial charge in [0.2, 0.25) is 0 Å². The number of halogens is 1. The SMILES string of the molecule is CCCCCCCCCCOC(=O)CCCC(=O)Oc1ccc(Cl)cc1. The van der Waals surface area contributed by atoms with Gasteiger partial charge in [-0.25, -0.2) is 0 Å². The molecule has 0 aliphatic rings. The van der Waals surface area contributed by atoms with Gasteiger partial charge in [-0.3, -0.25) is 9.59 Å². The Hall–Kier alpha value is -1.55. The molecule has 0 unspecified atom stereocenters. The lowest BCUT2D eigenvalue weighted by Crippen LogP contribution is -2.10. The maximum Gasteiger partial charge on any atom is 0.311 e. The van der Waals surface area contributed by atoms with Crippen molar-refractivity contribution in [1.29, 1.82) is 0 Å². The maximum atomic E-state index is 11.7. The van der Waals surface area contributed by atoms with Crippen LogP contribution >= 0.6 is 11.6 Å². The van der Waals surface area contributed by atoms with Gasteiger partial charge in [0.25, 0.3) is 0 Å². The summed E-state index contributed by atoms with van der Waals surface area (Å²) in [6.07, 6.45) is 10.6. The zero-order valence-electron chi connectivity index (χ0n) is 15.8. The summed E-state index contributed by atoms with van der Waals surface area (Å²) in [6.45, 7) is 2.69. The summed E-state index contributed by atoms with van der Waals surface area (Å²) in [7, 11) is 0. The molecule has 0 N–H and O–H groups in total. The largest absolute Gasteiger partial charge is 0.466 e. The smallest absolute Gasteiger partial charge is 0.311 e. The monoisotopic (exact) mass is 382 g/mol. The molecule has 1 aromatic rings. The average Bonchev–Trinajstić information content (AvgIpc) is 2.62. The second-order valence-electron chi connectivity index (χ2n) is 6.48. The zero-order valence-corrected chi connectivity index (χ0v) is 16.6. The van der Waals surface area contributed by atoms with E-state index in [0.29, 0.717) is 23.8 Å². The Bertz CT molecular complexity index is 513. The van der Waals surface area contributed by atoms with Crippen LogP contribution in [0.25, 0.3) is 0 Å². The van der Waals surface area contributed by atoms with E-state index in [-0.39, 0.29) is 24.8 Å². The molecule has 0 amide bonds. The van der Waals surface area contributed by atoms with E-state index in [4.69, 9.17) is 21.1 Å². The number of carbonyl (C=O) groups excluding carboxylic acids is 2.